The van der Waals surface area contributed by atoms with Crippen LogP contribution in [0.15, 0.2) is 23.2 Å². The Labute approximate surface area is 180 Å². The topological polar surface area (TPSA) is 89.0 Å². The summed E-state index contributed by atoms with van der Waals surface area (Å²) in [5, 5.41) is 6.46. The van der Waals surface area contributed by atoms with E-state index in [1.54, 1.807) is 7.11 Å². The summed E-state index contributed by atoms with van der Waals surface area (Å²) in [5.41, 5.74) is 2.31. The van der Waals surface area contributed by atoms with E-state index >= 15 is 0 Å². The Hall–Kier alpha value is -1.07. The molecule has 1 aromatic rings. The number of methoxy groups -OCH3 is 1. The molecule has 156 valence electrons. The van der Waals surface area contributed by atoms with Gasteiger partial charge in [-0.05, 0) is 37.5 Å². The van der Waals surface area contributed by atoms with Crippen LogP contribution in [-0.2, 0) is 21.0 Å². The molecule has 0 heterocycles. The Morgan fingerprint density at radius 2 is 1.96 bits per heavy atom. The lowest BCUT2D eigenvalue weighted by atomic mass is 10.1. The SMILES string of the molecule is CCNC(=NCCOCCS(C)(=O)=O)NCCc1ccc(C)c(OC)c1.I. The Bertz CT molecular complexity index is 681. The van der Waals surface area contributed by atoms with Crippen molar-refractivity contribution in [1.29, 1.82) is 0 Å². The first-order valence-corrected chi connectivity index (χ1v) is 10.8. The molecule has 0 aliphatic carbocycles. The van der Waals surface area contributed by atoms with E-state index in [4.69, 9.17) is 9.47 Å². The maximum Gasteiger partial charge on any atom is 0.191 e. The minimum Gasteiger partial charge on any atom is -0.496 e. The maximum atomic E-state index is 11.0. The normalized spacial score (nSPS) is 11.6. The molecule has 0 fully saturated rings. The summed E-state index contributed by atoms with van der Waals surface area (Å²) in [6.07, 6.45) is 2.05. The van der Waals surface area contributed by atoms with Gasteiger partial charge in [0.25, 0.3) is 0 Å². The molecule has 7 nitrogen and oxygen atoms in total. The standard InChI is InChI=1S/C18H31N3O4S.HI/c1-5-19-18(21-10-11-25-12-13-26(4,22)23)20-9-8-16-7-6-15(2)17(14-16)24-3;/h6-7,14H,5,8-13H2,1-4H3,(H2,19,20,21);1H. The van der Waals surface area contributed by atoms with Crippen molar-refractivity contribution >= 4 is 39.8 Å². The van der Waals surface area contributed by atoms with Crippen molar-refractivity contribution in [2.75, 3.05) is 52.0 Å². The lowest BCUT2D eigenvalue weighted by molar-refractivity contribution is 0.157. The van der Waals surface area contributed by atoms with E-state index < -0.39 is 9.84 Å². The zero-order valence-electron chi connectivity index (χ0n) is 16.6. The second-order valence-electron chi connectivity index (χ2n) is 5.98. The molecule has 0 saturated carbocycles. The Kier molecular flexibility index (Phi) is 13.4. The van der Waals surface area contributed by atoms with E-state index in [9.17, 15) is 8.42 Å². The maximum absolute atomic E-state index is 11.0. The summed E-state index contributed by atoms with van der Waals surface area (Å²) < 4.78 is 32.7. The van der Waals surface area contributed by atoms with Gasteiger partial charge in [-0.15, -0.1) is 24.0 Å². The van der Waals surface area contributed by atoms with E-state index in [0.717, 1.165) is 36.8 Å². The van der Waals surface area contributed by atoms with Crippen LogP contribution in [0.1, 0.15) is 18.1 Å². The van der Waals surface area contributed by atoms with Gasteiger partial charge in [-0.2, -0.15) is 0 Å². The lowest BCUT2D eigenvalue weighted by Crippen LogP contribution is -2.38. The van der Waals surface area contributed by atoms with Gasteiger partial charge >= 0.3 is 0 Å². The quantitative estimate of drug-likeness (QED) is 0.203. The number of hydrogen-bond acceptors (Lipinski definition) is 5. The summed E-state index contributed by atoms with van der Waals surface area (Å²) >= 11 is 0. The molecule has 2 N–H and O–H groups in total. The first-order chi connectivity index (χ1) is 12.4. The molecule has 0 spiro atoms. The van der Waals surface area contributed by atoms with E-state index in [2.05, 4.69) is 33.8 Å². The van der Waals surface area contributed by atoms with Crippen molar-refractivity contribution in [3.8, 4) is 5.75 Å². The number of halogens is 1. The van der Waals surface area contributed by atoms with Crippen LogP contribution in [0.4, 0.5) is 0 Å². The van der Waals surface area contributed by atoms with Crippen LogP contribution in [-0.4, -0.2) is 66.3 Å². The highest BCUT2D eigenvalue weighted by atomic mass is 127. The molecule has 0 radical (unpaired) electrons. The molecular weight excluding hydrogens is 481 g/mol. The third kappa shape index (κ3) is 12.1. The second-order valence-corrected chi connectivity index (χ2v) is 8.24. The van der Waals surface area contributed by atoms with Gasteiger partial charge in [-0.3, -0.25) is 4.99 Å². The van der Waals surface area contributed by atoms with Crippen LogP contribution in [0.5, 0.6) is 5.75 Å². The van der Waals surface area contributed by atoms with Crippen molar-refractivity contribution in [3.63, 3.8) is 0 Å². The van der Waals surface area contributed by atoms with Gasteiger partial charge < -0.3 is 20.1 Å². The van der Waals surface area contributed by atoms with Crippen molar-refractivity contribution < 1.29 is 17.9 Å². The van der Waals surface area contributed by atoms with E-state index in [0.29, 0.717) is 13.2 Å². The van der Waals surface area contributed by atoms with Gasteiger partial charge in [0, 0.05) is 19.3 Å². The monoisotopic (exact) mass is 513 g/mol. The average Bonchev–Trinajstić information content (AvgIpc) is 2.58. The zero-order valence-corrected chi connectivity index (χ0v) is 19.7. The molecule has 0 aliphatic heterocycles. The number of nitrogens with one attached hydrogen (secondary N) is 2. The molecule has 0 aromatic heterocycles. The first kappa shape index (κ1) is 25.9. The van der Waals surface area contributed by atoms with Crippen molar-refractivity contribution in [2.24, 2.45) is 4.99 Å². The highest BCUT2D eigenvalue weighted by Crippen LogP contribution is 2.18. The molecule has 0 saturated heterocycles. The smallest absolute Gasteiger partial charge is 0.191 e. The van der Waals surface area contributed by atoms with Crippen LogP contribution >= 0.6 is 24.0 Å². The van der Waals surface area contributed by atoms with Crippen LogP contribution in [0.2, 0.25) is 0 Å². The molecule has 0 amide bonds. The number of sulfone groups is 1. The molecule has 0 aliphatic rings. The van der Waals surface area contributed by atoms with Crippen LogP contribution in [0.25, 0.3) is 0 Å². The number of guanidine groups is 1. The molecule has 0 unspecified atom stereocenters. The molecule has 1 rings (SSSR count). The summed E-state index contributed by atoms with van der Waals surface area (Å²) in [6, 6.07) is 6.21. The lowest BCUT2D eigenvalue weighted by Gasteiger charge is -2.12. The van der Waals surface area contributed by atoms with Crippen molar-refractivity contribution in [2.45, 2.75) is 20.3 Å². The molecule has 1 aromatic carbocycles. The van der Waals surface area contributed by atoms with E-state index in [1.807, 2.05) is 13.8 Å². The number of ether oxygens (including phenoxy) is 2. The summed E-state index contributed by atoms with van der Waals surface area (Å²) in [4.78, 5) is 4.42. The molecular formula is C18H32IN3O4S. The van der Waals surface area contributed by atoms with Gasteiger partial charge in [0.1, 0.15) is 15.6 Å². The molecule has 27 heavy (non-hydrogen) atoms. The zero-order chi connectivity index (χ0) is 19.4. The molecule has 9 heteroatoms. The Morgan fingerprint density at radius 1 is 1.22 bits per heavy atom. The highest BCUT2D eigenvalue weighted by molar-refractivity contribution is 14.0. The van der Waals surface area contributed by atoms with Gasteiger partial charge in [-0.25, -0.2) is 8.42 Å². The van der Waals surface area contributed by atoms with Gasteiger partial charge in [0.2, 0.25) is 0 Å². The van der Waals surface area contributed by atoms with Crippen molar-refractivity contribution in [1.82, 2.24) is 10.6 Å². The fraction of sp³-hybridized carbons (Fsp3) is 0.611. The Morgan fingerprint density at radius 3 is 2.59 bits per heavy atom. The highest BCUT2D eigenvalue weighted by Gasteiger charge is 2.03. The fourth-order valence-electron chi connectivity index (χ4n) is 2.22. The van der Waals surface area contributed by atoms with Crippen LogP contribution in [0.3, 0.4) is 0 Å². The minimum atomic E-state index is -2.98. The van der Waals surface area contributed by atoms with Crippen LogP contribution < -0.4 is 15.4 Å². The van der Waals surface area contributed by atoms with Crippen LogP contribution in [0, 0.1) is 6.92 Å². The summed E-state index contributed by atoms with van der Waals surface area (Å²) in [5.74, 6) is 1.65. The van der Waals surface area contributed by atoms with Gasteiger partial charge in [-0.1, -0.05) is 12.1 Å². The van der Waals surface area contributed by atoms with Gasteiger partial charge in [0.15, 0.2) is 5.96 Å². The van der Waals surface area contributed by atoms with Gasteiger partial charge in [0.05, 0.1) is 32.6 Å². The number of nitrogens with zero attached hydrogens (tertiary/aromatic N) is 1. The predicted molar refractivity (Wildman–Crippen MR) is 121 cm³/mol. The minimum absolute atomic E-state index is 0. The fourth-order valence-corrected chi connectivity index (χ4v) is 2.64. The first-order valence-electron chi connectivity index (χ1n) is 8.77. The number of aryl methyl sites for hydroxylation is 1. The molecule has 0 atom stereocenters. The largest absolute Gasteiger partial charge is 0.496 e. The number of hydrogen-bond donors (Lipinski definition) is 2. The second kappa shape index (κ2) is 14.0. The predicted octanol–water partition coefficient (Wildman–Crippen LogP) is 1.78. The van der Waals surface area contributed by atoms with E-state index in [-0.39, 0.29) is 36.3 Å². The number of aliphatic imine (C=N–C) groups is 1. The third-order valence-corrected chi connectivity index (χ3v) is 4.54. The average molecular weight is 513 g/mol. The summed E-state index contributed by atoms with van der Waals surface area (Å²) in [6.45, 7) is 6.60. The number of benzene rings is 1. The van der Waals surface area contributed by atoms with E-state index in [1.165, 1.54) is 11.8 Å². The Balaban J connectivity index is 0.00000676. The summed E-state index contributed by atoms with van der Waals surface area (Å²) in [7, 11) is -1.30. The number of rotatable bonds is 11. The molecule has 0 bridgehead atoms. The van der Waals surface area contributed by atoms with Crippen molar-refractivity contribution in [3.05, 3.63) is 29.3 Å². The third-order valence-electron chi connectivity index (χ3n) is 3.63.